The van der Waals surface area contributed by atoms with E-state index in [1.54, 1.807) is 4.90 Å². The molecule has 7 heteroatoms. The number of esters is 2. The Hall–Kier alpha value is -2.31. The molecule has 48 heavy (non-hydrogen) atoms. The Labute approximate surface area is 296 Å². The van der Waals surface area contributed by atoms with E-state index in [4.69, 9.17) is 20.6 Å². The van der Waals surface area contributed by atoms with Gasteiger partial charge < -0.3 is 20.1 Å². The molecule has 0 aromatic rings. The summed E-state index contributed by atoms with van der Waals surface area (Å²) in [6.07, 6.45) is 42.1. The van der Waals surface area contributed by atoms with Crippen LogP contribution in [-0.2, 0) is 19.1 Å². The average molecular weight is 676 g/mol. The molecule has 0 saturated heterocycles. The van der Waals surface area contributed by atoms with Gasteiger partial charge in [0.15, 0.2) is 5.96 Å². The van der Waals surface area contributed by atoms with E-state index in [0.717, 1.165) is 51.4 Å². The smallest absolute Gasteiger partial charge is 0.305 e. The molecule has 0 aromatic heterocycles. The first-order valence-corrected chi connectivity index (χ1v) is 20.2. The number of carbonyl (C=O) groups is 2. The average Bonchev–Trinajstić information content (AvgIpc) is 3.07. The van der Waals surface area contributed by atoms with Crippen molar-refractivity contribution in [3.05, 3.63) is 24.3 Å². The maximum Gasteiger partial charge on any atom is 0.305 e. The third-order valence-corrected chi connectivity index (χ3v) is 8.87. The SMILES string of the molecule is CCCCCCCC/C=C\CCCCCCCC(=O)OCCN(CCOC(=O)CCCCCCC/C=C\CCCCCCCC)C(=N)N. The van der Waals surface area contributed by atoms with Crippen LogP contribution >= 0.6 is 0 Å². The number of rotatable bonds is 36. The zero-order valence-corrected chi connectivity index (χ0v) is 31.6. The molecule has 0 aliphatic heterocycles. The monoisotopic (exact) mass is 676 g/mol. The molecule has 7 nitrogen and oxygen atoms in total. The lowest BCUT2D eigenvalue weighted by molar-refractivity contribution is -0.144. The number of allylic oxidation sites excluding steroid dienone is 4. The maximum atomic E-state index is 12.1. The first-order chi connectivity index (χ1) is 23.5. The summed E-state index contributed by atoms with van der Waals surface area (Å²) in [5.41, 5.74) is 5.69. The number of nitrogens with zero attached hydrogens (tertiary/aromatic N) is 1. The van der Waals surface area contributed by atoms with E-state index in [1.165, 1.54) is 116 Å². The fourth-order valence-corrected chi connectivity index (χ4v) is 5.72. The Kier molecular flexibility index (Phi) is 35.7. The van der Waals surface area contributed by atoms with Gasteiger partial charge in [-0.2, -0.15) is 0 Å². The third kappa shape index (κ3) is 35.0. The molecule has 3 N–H and O–H groups in total. The highest BCUT2D eigenvalue weighted by atomic mass is 16.5. The largest absolute Gasteiger partial charge is 0.464 e. The number of hydrogen-bond acceptors (Lipinski definition) is 5. The Bertz CT molecular complexity index is 741. The summed E-state index contributed by atoms with van der Waals surface area (Å²) in [7, 11) is 0. The van der Waals surface area contributed by atoms with Crippen LogP contribution in [0.3, 0.4) is 0 Å². The number of nitrogens with two attached hydrogens (primary N) is 1. The van der Waals surface area contributed by atoms with Gasteiger partial charge >= 0.3 is 11.9 Å². The lowest BCUT2D eigenvalue weighted by atomic mass is 10.1. The van der Waals surface area contributed by atoms with Gasteiger partial charge in [-0.3, -0.25) is 15.0 Å². The molecule has 0 aliphatic rings. The minimum atomic E-state index is -0.206. The van der Waals surface area contributed by atoms with Gasteiger partial charge in [0.05, 0.1) is 13.1 Å². The van der Waals surface area contributed by atoms with Crippen molar-refractivity contribution in [3.63, 3.8) is 0 Å². The Morgan fingerprint density at radius 3 is 1.10 bits per heavy atom. The third-order valence-electron chi connectivity index (χ3n) is 8.87. The van der Waals surface area contributed by atoms with Crippen molar-refractivity contribution >= 4 is 17.9 Å². The standard InChI is InChI=1S/C41H77N3O4/c1-3-5-7-9-11-13-15-17-19-21-23-25-27-29-31-33-39(45)47-37-35-44(41(42)43)36-38-48-40(46)34-32-30-28-26-24-22-20-18-16-14-12-10-8-6-4-2/h17-20H,3-16,21-38H2,1-2H3,(H3,42,43)/b19-17-,20-18-. The van der Waals surface area contributed by atoms with Crippen LogP contribution in [0.15, 0.2) is 24.3 Å². The molecule has 0 fully saturated rings. The van der Waals surface area contributed by atoms with Gasteiger partial charge in [0.2, 0.25) is 0 Å². The highest BCUT2D eigenvalue weighted by Gasteiger charge is 2.10. The van der Waals surface area contributed by atoms with Crippen LogP contribution in [0.25, 0.3) is 0 Å². The maximum absolute atomic E-state index is 12.1. The van der Waals surface area contributed by atoms with Crippen LogP contribution < -0.4 is 5.73 Å². The van der Waals surface area contributed by atoms with E-state index in [1.807, 2.05) is 0 Å². The number of ether oxygens (including phenoxy) is 2. The summed E-state index contributed by atoms with van der Waals surface area (Å²) in [6, 6.07) is 0. The van der Waals surface area contributed by atoms with E-state index in [0.29, 0.717) is 25.9 Å². The van der Waals surface area contributed by atoms with Crippen LogP contribution in [-0.4, -0.2) is 49.1 Å². The second-order valence-corrected chi connectivity index (χ2v) is 13.5. The van der Waals surface area contributed by atoms with Gasteiger partial charge in [-0.25, -0.2) is 0 Å². The van der Waals surface area contributed by atoms with Crippen molar-refractivity contribution < 1.29 is 19.1 Å². The molecule has 0 unspecified atom stereocenters. The zero-order valence-electron chi connectivity index (χ0n) is 31.6. The van der Waals surface area contributed by atoms with Crippen LogP contribution in [0, 0.1) is 5.41 Å². The topological polar surface area (TPSA) is 106 Å². The highest BCUT2D eigenvalue weighted by molar-refractivity contribution is 5.74. The molecule has 0 aromatic carbocycles. The molecule has 0 amide bonds. The predicted octanol–water partition coefficient (Wildman–Crippen LogP) is 11.3. The Balaban J connectivity index is 3.65. The van der Waals surface area contributed by atoms with E-state index in [-0.39, 0.29) is 31.1 Å². The number of unbranched alkanes of at least 4 members (excludes halogenated alkanes) is 22. The van der Waals surface area contributed by atoms with Gasteiger partial charge in [0.1, 0.15) is 13.2 Å². The molecular weight excluding hydrogens is 598 g/mol. The lowest BCUT2D eigenvalue weighted by Crippen LogP contribution is -2.41. The first-order valence-electron chi connectivity index (χ1n) is 20.2. The van der Waals surface area contributed by atoms with E-state index in [2.05, 4.69) is 38.2 Å². The summed E-state index contributed by atoms with van der Waals surface area (Å²) in [5.74, 6) is -0.526. The Morgan fingerprint density at radius 1 is 0.500 bits per heavy atom. The summed E-state index contributed by atoms with van der Waals surface area (Å²) in [4.78, 5) is 25.8. The summed E-state index contributed by atoms with van der Waals surface area (Å²) in [5, 5.41) is 7.79. The van der Waals surface area contributed by atoms with Crippen molar-refractivity contribution in [1.29, 1.82) is 5.41 Å². The number of hydrogen-bond donors (Lipinski definition) is 2. The van der Waals surface area contributed by atoms with Gasteiger partial charge in [-0.1, -0.05) is 141 Å². The second kappa shape index (κ2) is 37.5. The molecule has 280 valence electrons. The molecule has 0 spiro atoms. The van der Waals surface area contributed by atoms with Gasteiger partial charge in [0.25, 0.3) is 0 Å². The van der Waals surface area contributed by atoms with Crippen LogP contribution in [0.1, 0.15) is 194 Å². The first kappa shape index (κ1) is 45.7. The van der Waals surface area contributed by atoms with Gasteiger partial charge in [0, 0.05) is 12.8 Å². The number of guanidine groups is 1. The van der Waals surface area contributed by atoms with Gasteiger partial charge in [-0.15, -0.1) is 0 Å². The van der Waals surface area contributed by atoms with Crippen molar-refractivity contribution in [2.75, 3.05) is 26.3 Å². The normalized spacial score (nSPS) is 11.5. The Morgan fingerprint density at radius 2 is 0.792 bits per heavy atom. The summed E-state index contributed by atoms with van der Waals surface area (Å²) in [6.45, 7) is 5.50. The second-order valence-electron chi connectivity index (χ2n) is 13.5. The lowest BCUT2D eigenvalue weighted by Gasteiger charge is -2.22. The molecule has 0 aliphatic carbocycles. The summed E-state index contributed by atoms with van der Waals surface area (Å²) < 4.78 is 10.7. The summed E-state index contributed by atoms with van der Waals surface area (Å²) >= 11 is 0. The molecule has 0 heterocycles. The molecular formula is C41H77N3O4. The van der Waals surface area contributed by atoms with Crippen molar-refractivity contribution in [1.82, 2.24) is 4.90 Å². The van der Waals surface area contributed by atoms with Crippen molar-refractivity contribution in [2.24, 2.45) is 5.73 Å². The molecule has 0 rings (SSSR count). The highest BCUT2D eigenvalue weighted by Crippen LogP contribution is 2.12. The molecule has 0 bridgehead atoms. The number of nitrogens with one attached hydrogen (secondary N) is 1. The fraction of sp³-hybridized carbons (Fsp3) is 0.829. The minimum Gasteiger partial charge on any atom is -0.464 e. The van der Waals surface area contributed by atoms with E-state index < -0.39 is 0 Å². The van der Waals surface area contributed by atoms with E-state index in [9.17, 15) is 9.59 Å². The van der Waals surface area contributed by atoms with Crippen LogP contribution in [0.4, 0.5) is 0 Å². The number of carbonyl (C=O) groups excluding carboxylic acids is 2. The minimum absolute atomic E-state index is 0.114. The van der Waals surface area contributed by atoms with Crippen molar-refractivity contribution in [3.8, 4) is 0 Å². The fourth-order valence-electron chi connectivity index (χ4n) is 5.72. The zero-order chi connectivity index (χ0) is 35.2. The van der Waals surface area contributed by atoms with E-state index >= 15 is 0 Å². The molecule has 0 saturated carbocycles. The molecule has 0 atom stereocenters. The quantitative estimate of drug-likeness (QED) is 0.0225. The van der Waals surface area contributed by atoms with Crippen LogP contribution in [0.5, 0.6) is 0 Å². The van der Waals surface area contributed by atoms with Crippen LogP contribution in [0.2, 0.25) is 0 Å². The van der Waals surface area contributed by atoms with Gasteiger partial charge in [-0.05, 0) is 64.2 Å². The molecule has 0 radical (unpaired) electrons. The predicted molar refractivity (Wildman–Crippen MR) is 204 cm³/mol. The van der Waals surface area contributed by atoms with Crippen molar-refractivity contribution in [2.45, 2.75) is 194 Å².